The van der Waals surface area contributed by atoms with Crippen LogP contribution in [-0.4, -0.2) is 28.9 Å². The summed E-state index contributed by atoms with van der Waals surface area (Å²) in [6.45, 7) is 0. The Labute approximate surface area is 148 Å². The molecule has 1 atom stereocenters. The Morgan fingerprint density at radius 3 is 2.77 bits per heavy atom. The van der Waals surface area contributed by atoms with Gasteiger partial charge in [-0.25, -0.2) is 19.4 Å². The molecule has 1 aliphatic rings. The molecule has 1 aromatic carbocycles. The fraction of sp³-hybridized carbons (Fsp3) is 0.125. The van der Waals surface area contributed by atoms with Gasteiger partial charge in [-0.3, -0.25) is 10.5 Å². The second-order valence-electron chi connectivity index (χ2n) is 5.40. The van der Waals surface area contributed by atoms with E-state index in [4.69, 9.17) is 16.2 Å². The number of aromatic nitrogens is 2. The smallest absolute Gasteiger partial charge is 0.258 e. The number of nitrogens with zero attached hydrogens (tertiary/aromatic N) is 3. The van der Waals surface area contributed by atoms with Crippen molar-refractivity contribution in [2.75, 3.05) is 12.4 Å². The van der Waals surface area contributed by atoms with Crippen LogP contribution >= 0.6 is 0 Å². The Hall–Kier alpha value is -3.53. The molecule has 0 bridgehead atoms. The minimum Gasteiger partial charge on any atom is -0.495 e. The molecule has 0 saturated carbocycles. The summed E-state index contributed by atoms with van der Waals surface area (Å²) in [6.07, 6.45) is 5.07. The van der Waals surface area contributed by atoms with E-state index in [1.807, 2.05) is 0 Å². The Balaban J connectivity index is 1.98. The highest BCUT2D eigenvalue weighted by Crippen LogP contribution is 2.35. The van der Waals surface area contributed by atoms with Gasteiger partial charge < -0.3 is 21.1 Å². The van der Waals surface area contributed by atoms with Gasteiger partial charge in [0.05, 0.1) is 18.4 Å². The van der Waals surface area contributed by atoms with Crippen LogP contribution in [0.15, 0.2) is 53.9 Å². The number of nitrogens with two attached hydrogens (primary N) is 2. The lowest BCUT2D eigenvalue weighted by Crippen LogP contribution is -2.44. The molecule has 26 heavy (non-hydrogen) atoms. The van der Waals surface area contributed by atoms with Crippen LogP contribution in [0, 0.1) is 0 Å². The monoisotopic (exact) mass is 357 g/mol. The standard InChI is InChI=1S/C16H16FN7O2/c1-26-12-3-2-10(16(19)13(17)7-22-15(18)24-16)4-11(12)23-14(25)9-5-20-8-21-6-9/h2-8H,19H2,1H3,(H,23,25)(H3,18,22,24). The number of hydrogen-bond acceptors (Lipinski definition) is 8. The fourth-order valence-electron chi connectivity index (χ4n) is 2.38. The summed E-state index contributed by atoms with van der Waals surface area (Å²) in [5.74, 6) is -0.864. The number of aliphatic imine (C=N–C) groups is 1. The number of carbonyl (C=O) groups excluding carboxylic acids is 1. The van der Waals surface area contributed by atoms with Crippen LogP contribution in [0.2, 0.25) is 0 Å². The first-order valence-corrected chi connectivity index (χ1v) is 7.46. The SMILES string of the molecule is COc1ccc(C2(N)N=C(N)NC=C2F)cc1NC(=O)c1cncnc1. The van der Waals surface area contributed by atoms with Gasteiger partial charge in [0.1, 0.15) is 12.1 Å². The third kappa shape index (κ3) is 3.17. The Bertz CT molecular complexity index is 901. The predicted molar refractivity (Wildman–Crippen MR) is 92.8 cm³/mol. The number of nitrogens with one attached hydrogen (secondary N) is 2. The van der Waals surface area contributed by atoms with Crippen molar-refractivity contribution in [3.05, 3.63) is 60.1 Å². The molecular formula is C16H16FN7O2. The second-order valence-corrected chi connectivity index (χ2v) is 5.40. The highest BCUT2D eigenvalue weighted by atomic mass is 19.1. The normalized spacial score (nSPS) is 19.0. The van der Waals surface area contributed by atoms with E-state index in [0.29, 0.717) is 5.75 Å². The zero-order valence-corrected chi connectivity index (χ0v) is 13.7. The van der Waals surface area contributed by atoms with Crippen molar-refractivity contribution in [2.24, 2.45) is 16.5 Å². The highest BCUT2D eigenvalue weighted by Gasteiger charge is 2.36. The Morgan fingerprint density at radius 2 is 2.08 bits per heavy atom. The summed E-state index contributed by atoms with van der Waals surface area (Å²) in [5, 5.41) is 5.11. The number of halogens is 1. The third-order valence-corrected chi connectivity index (χ3v) is 3.72. The van der Waals surface area contributed by atoms with E-state index in [-0.39, 0.29) is 22.8 Å². The van der Waals surface area contributed by atoms with Crippen LogP contribution in [0.25, 0.3) is 0 Å². The minimum absolute atomic E-state index is 0.0308. The fourth-order valence-corrected chi connectivity index (χ4v) is 2.38. The zero-order valence-electron chi connectivity index (χ0n) is 13.7. The van der Waals surface area contributed by atoms with Gasteiger partial charge in [0.25, 0.3) is 5.91 Å². The second kappa shape index (κ2) is 6.76. The quantitative estimate of drug-likeness (QED) is 0.627. The Morgan fingerprint density at radius 1 is 1.35 bits per heavy atom. The maximum atomic E-state index is 14.3. The van der Waals surface area contributed by atoms with E-state index in [0.717, 1.165) is 6.20 Å². The maximum Gasteiger partial charge on any atom is 0.258 e. The summed E-state index contributed by atoms with van der Waals surface area (Å²) in [4.78, 5) is 23.9. The van der Waals surface area contributed by atoms with Crippen LogP contribution in [0.3, 0.4) is 0 Å². The van der Waals surface area contributed by atoms with E-state index >= 15 is 0 Å². The first-order chi connectivity index (χ1) is 12.4. The molecule has 3 rings (SSSR count). The lowest BCUT2D eigenvalue weighted by Gasteiger charge is -2.28. The van der Waals surface area contributed by atoms with Crippen molar-refractivity contribution >= 4 is 17.6 Å². The number of benzene rings is 1. The molecule has 0 saturated heterocycles. The van der Waals surface area contributed by atoms with Crippen molar-refractivity contribution in [3.8, 4) is 5.75 Å². The van der Waals surface area contributed by atoms with Gasteiger partial charge in [0, 0.05) is 24.2 Å². The van der Waals surface area contributed by atoms with Crippen LogP contribution < -0.4 is 26.8 Å². The summed E-state index contributed by atoms with van der Waals surface area (Å²) >= 11 is 0. The lowest BCUT2D eigenvalue weighted by atomic mass is 9.98. The Kier molecular flexibility index (Phi) is 4.50. The van der Waals surface area contributed by atoms with Gasteiger partial charge in [-0.15, -0.1) is 0 Å². The molecule has 9 nitrogen and oxygen atoms in total. The number of amides is 1. The topological polar surface area (TPSA) is 141 Å². The van der Waals surface area contributed by atoms with Crippen molar-refractivity contribution in [1.29, 1.82) is 0 Å². The third-order valence-electron chi connectivity index (χ3n) is 3.72. The van der Waals surface area contributed by atoms with Crippen molar-refractivity contribution in [3.63, 3.8) is 0 Å². The van der Waals surface area contributed by atoms with Crippen molar-refractivity contribution in [1.82, 2.24) is 15.3 Å². The number of ether oxygens (including phenoxy) is 1. The molecule has 2 aromatic rings. The molecule has 134 valence electrons. The summed E-state index contributed by atoms with van der Waals surface area (Å²) in [5.41, 5.74) is 10.7. The van der Waals surface area contributed by atoms with Crippen molar-refractivity contribution < 1.29 is 13.9 Å². The minimum atomic E-state index is -1.81. The number of carbonyl (C=O) groups is 1. The highest BCUT2D eigenvalue weighted by molar-refractivity contribution is 6.04. The van der Waals surface area contributed by atoms with Crippen LogP contribution in [-0.2, 0) is 5.66 Å². The van der Waals surface area contributed by atoms with Crippen LogP contribution in [0.4, 0.5) is 10.1 Å². The van der Waals surface area contributed by atoms with E-state index in [9.17, 15) is 9.18 Å². The largest absolute Gasteiger partial charge is 0.495 e. The summed E-state index contributed by atoms with van der Waals surface area (Å²) in [7, 11) is 1.44. The van der Waals surface area contributed by atoms with E-state index in [2.05, 4.69) is 25.6 Å². The number of rotatable bonds is 4. The number of methoxy groups -OCH3 is 1. The maximum absolute atomic E-state index is 14.3. The van der Waals surface area contributed by atoms with Crippen molar-refractivity contribution in [2.45, 2.75) is 5.66 Å². The average molecular weight is 357 g/mol. The molecule has 1 amide bonds. The van der Waals surface area contributed by atoms with Gasteiger partial charge >= 0.3 is 0 Å². The lowest BCUT2D eigenvalue weighted by molar-refractivity contribution is 0.102. The molecule has 0 spiro atoms. The average Bonchev–Trinajstić information content (AvgIpc) is 2.65. The number of guanidine groups is 1. The predicted octanol–water partition coefficient (Wildman–Crippen LogP) is 0.578. The van der Waals surface area contributed by atoms with Crippen LogP contribution in [0.1, 0.15) is 15.9 Å². The molecule has 0 fully saturated rings. The molecule has 2 heterocycles. The zero-order chi connectivity index (χ0) is 18.7. The first kappa shape index (κ1) is 17.3. The molecule has 0 radical (unpaired) electrons. The van der Waals surface area contributed by atoms with Gasteiger partial charge in [-0.2, -0.15) is 0 Å². The van der Waals surface area contributed by atoms with Gasteiger partial charge in [-0.05, 0) is 12.1 Å². The summed E-state index contributed by atoms with van der Waals surface area (Å²) in [6, 6.07) is 4.55. The summed E-state index contributed by atoms with van der Waals surface area (Å²) < 4.78 is 19.5. The molecule has 6 N–H and O–H groups in total. The molecule has 1 aromatic heterocycles. The van der Waals surface area contributed by atoms with Gasteiger partial charge in [0.15, 0.2) is 17.4 Å². The molecule has 1 unspecified atom stereocenters. The van der Waals surface area contributed by atoms with Crippen LogP contribution in [0.5, 0.6) is 5.75 Å². The molecular weight excluding hydrogens is 341 g/mol. The molecule has 10 heteroatoms. The molecule has 1 aliphatic heterocycles. The van der Waals surface area contributed by atoms with E-state index in [1.165, 1.54) is 38.0 Å². The first-order valence-electron chi connectivity index (χ1n) is 7.46. The molecule has 0 aliphatic carbocycles. The van der Waals surface area contributed by atoms with Gasteiger partial charge in [-0.1, -0.05) is 6.07 Å². The number of hydrogen-bond donors (Lipinski definition) is 4. The number of anilines is 1. The van der Waals surface area contributed by atoms with E-state index in [1.54, 1.807) is 6.07 Å². The van der Waals surface area contributed by atoms with Gasteiger partial charge in [0.2, 0.25) is 0 Å². The van der Waals surface area contributed by atoms with E-state index < -0.39 is 17.4 Å².